The number of carbonyl (C=O) groups excluding carboxylic acids is 1. The lowest BCUT2D eigenvalue weighted by Crippen LogP contribution is -2.47. The van der Waals surface area contributed by atoms with E-state index in [1.54, 1.807) is 16.5 Å². The number of hydrogen-bond acceptors (Lipinski definition) is 6. The Morgan fingerprint density at radius 2 is 1.80 bits per heavy atom. The molecule has 5 rings (SSSR count). The Balaban J connectivity index is 1.05. The summed E-state index contributed by atoms with van der Waals surface area (Å²) in [7, 11) is 0. The smallest absolute Gasteiger partial charge is 0.246 e. The van der Waals surface area contributed by atoms with E-state index in [4.69, 9.17) is 4.37 Å². The van der Waals surface area contributed by atoms with E-state index >= 15 is 0 Å². The largest absolute Gasteiger partial charge is 0.353 e. The number of benzene rings is 1. The Hall–Kier alpha value is -1.99. The van der Waals surface area contributed by atoms with E-state index in [0.717, 1.165) is 70.8 Å². The number of amides is 1. The van der Waals surface area contributed by atoms with Crippen LogP contribution in [0.1, 0.15) is 38.5 Å². The second-order valence-electron chi connectivity index (χ2n) is 8.82. The van der Waals surface area contributed by atoms with Crippen LogP contribution in [0.2, 0.25) is 0 Å². The molecule has 3 aliphatic rings. The molecule has 0 spiro atoms. The zero-order valence-electron chi connectivity index (χ0n) is 17.6. The standard InChI is InChI=1S/C23H31N5OS/c29-23-19-8-2-1-7-18(19)17-24-28(23)12-6-5-11-26-13-15-27(16-14-26)22-20-9-3-4-10-21(20)30-25-22/h3-4,9-10,17-19H,1-2,5-8,11-16H2/t18-,19+/m1/s1. The summed E-state index contributed by atoms with van der Waals surface area (Å²) >= 11 is 1.60. The molecule has 1 aromatic heterocycles. The monoisotopic (exact) mass is 425 g/mol. The number of nitrogens with zero attached hydrogens (tertiary/aromatic N) is 5. The predicted octanol–water partition coefficient (Wildman–Crippen LogP) is 3.83. The van der Waals surface area contributed by atoms with Gasteiger partial charge in [0, 0.05) is 56.2 Å². The molecule has 0 N–H and O–H groups in total. The van der Waals surface area contributed by atoms with E-state index in [1.165, 1.54) is 22.9 Å². The summed E-state index contributed by atoms with van der Waals surface area (Å²) in [6.45, 7) is 6.09. The molecule has 1 saturated carbocycles. The summed E-state index contributed by atoms with van der Waals surface area (Å²) in [6.07, 6.45) is 8.81. The van der Waals surface area contributed by atoms with E-state index in [0.29, 0.717) is 5.92 Å². The van der Waals surface area contributed by atoms with Gasteiger partial charge in [-0.25, -0.2) is 5.01 Å². The number of unbranched alkanes of at least 4 members (excludes halogenated alkanes) is 1. The summed E-state index contributed by atoms with van der Waals surface area (Å²) in [5.41, 5.74) is 0. The molecule has 160 valence electrons. The Bertz CT molecular complexity index is 904. The van der Waals surface area contributed by atoms with Gasteiger partial charge in [0.15, 0.2) is 0 Å². The lowest BCUT2D eigenvalue weighted by atomic mass is 9.78. The molecule has 2 aromatic rings. The lowest BCUT2D eigenvalue weighted by molar-refractivity contribution is -0.138. The minimum atomic E-state index is 0.200. The highest BCUT2D eigenvalue weighted by molar-refractivity contribution is 7.13. The maximum Gasteiger partial charge on any atom is 0.246 e. The summed E-state index contributed by atoms with van der Waals surface area (Å²) in [6, 6.07) is 8.51. The van der Waals surface area contributed by atoms with Gasteiger partial charge in [0.1, 0.15) is 5.82 Å². The van der Waals surface area contributed by atoms with Gasteiger partial charge in [-0.15, -0.1) is 0 Å². The van der Waals surface area contributed by atoms with E-state index in [9.17, 15) is 4.79 Å². The zero-order valence-corrected chi connectivity index (χ0v) is 18.4. The van der Waals surface area contributed by atoms with Crippen LogP contribution in [0.3, 0.4) is 0 Å². The van der Waals surface area contributed by atoms with Crippen molar-refractivity contribution in [3.8, 4) is 0 Å². The minimum absolute atomic E-state index is 0.200. The van der Waals surface area contributed by atoms with Crippen LogP contribution >= 0.6 is 11.5 Å². The molecule has 0 bridgehead atoms. The quantitative estimate of drug-likeness (QED) is 0.660. The van der Waals surface area contributed by atoms with Crippen LogP contribution in [0.4, 0.5) is 5.82 Å². The molecule has 2 atom stereocenters. The molecule has 2 aliphatic heterocycles. The highest BCUT2D eigenvalue weighted by atomic mass is 32.1. The van der Waals surface area contributed by atoms with E-state index < -0.39 is 0 Å². The molecule has 30 heavy (non-hydrogen) atoms. The summed E-state index contributed by atoms with van der Waals surface area (Å²) in [5, 5.41) is 7.50. The number of aromatic nitrogens is 1. The number of hydrazone groups is 1. The zero-order chi connectivity index (χ0) is 20.3. The van der Waals surface area contributed by atoms with Crippen molar-refractivity contribution in [1.82, 2.24) is 14.3 Å². The molecule has 1 aliphatic carbocycles. The Morgan fingerprint density at radius 3 is 2.70 bits per heavy atom. The van der Waals surface area contributed by atoms with Crippen molar-refractivity contribution in [2.24, 2.45) is 16.9 Å². The normalized spacial score (nSPS) is 25.1. The van der Waals surface area contributed by atoms with Crippen molar-refractivity contribution in [2.45, 2.75) is 38.5 Å². The fourth-order valence-corrected chi connectivity index (χ4v) is 5.90. The van der Waals surface area contributed by atoms with Gasteiger partial charge in [-0.3, -0.25) is 9.69 Å². The maximum atomic E-state index is 12.7. The second kappa shape index (κ2) is 9.02. The van der Waals surface area contributed by atoms with Crippen LogP contribution in [-0.2, 0) is 4.79 Å². The van der Waals surface area contributed by atoms with E-state index in [2.05, 4.69) is 39.2 Å². The number of fused-ring (bicyclic) bond motifs is 2. The molecule has 0 radical (unpaired) electrons. The Labute approximate surface area is 182 Å². The van der Waals surface area contributed by atoms with Crippen molar-refractivity contribution in [3.63, 3.8) is 0 Å². The van der Waals surface area contributed by atoms with E-state index in [1.807, 2.05) is 6.21 Å². The van der Waals surface area contributed by atoms with Gasteiger partial charge >= 0.3 is 0 Å². The Morgan fingerprint density at radius 1 is 1.00 bits per heavy atom. The van der Waals surface area contributed by atoms with Gasteiger partial charge in [0.25, 0.3) is 0 Å². The molecule has 2 fully saturated rings. The third-order valence-electron chi connectivity index (χ3n) is 6.91. The molecule has 1 aromatic carbocycles. The topological polar surface area (TPSA) is 52.0 Å². The third kappa shape index (κ3) is 4.10. The number of hydrogen-bond donors (Lipinski definition) is 0. The average Bonchev–Trinajstić information content (AvgIpc) is 3.23. The minimum Gasteiger partial charge on any atom is -0.353 e. The molecule has 1 saturated heterocycles. The first-order chi connectivity index (χ1) is 14.8. The van der Waals surface area contributed by atoms with Crippen LogP contribution in [0.5, 0.6) is 0 Å². The van der Waals surface area contributed by atoms with Crippen LogP contribution in [-0.4, -0.2) is 65.7 Å². The van der Waals surface area contributed by atoms with Crippen molar-refractivity contribution >= 4 is 39.6 Å². The van der Waals surface area contributed by atoms with Gasteiger partial charge in [-0.05, 0) is 55.9 Å². The van der Waals surface area contributed by atoms with Crippen LogP contribution in [0.25, 0.3) is 10.1 Å². The first-order valence-electron chi connectivity index (χ1n) is 11.5. The number of carbonyl (C=O) groups is 1. The summed E-state index contributed by atoms with van der Waals surface area (Å²) in [4.78, 5) is 17.7. The molecular weight excluding hydrogens is 394 g/mol. The number of anilines is 1. The molecule has 1 amide bonds. The van der Waals surface area contributed by atoms with Gasteiger partial charge in [0.2, 0.25) is 5.91 Å². The van der Waals surface area contributed by atoms with Gasteiger partial charge in [0.05, 0.1) is 4.70 Å². The molecule has 6 nitrogen and oxygen atoms in total. The summed E-state index contributed by atoms with van der Waals surface area (Å²) < 4.78 is 5.97. The van der Waals surface area contributed by atoms with Crippen LogP contribution in [0, 0.1) is 11.8 Å². The van der Waals surface area contributed by atoms with Crippen molar-refractivity contribution < 1.29 is 4.79 Å². The fourth-order valence-electron chi connectivity index (χ4n) is 5.11. The van der Waals surface area contributed by atoms with Crippen molar-refractivity contribution in [1.29, 1.82) is 0 Å². The number of piperazine rings is 1. The molecule has 7 heteroatoms. The average molecular weight is 426 g/mol. The molecule has 0 unspecified atom stereocenters. The maximum absolute atomic E-state index is 12.7. The first kappa shape index (κ1) is 19.9. The van der Waals surface area contributed by atoms with Crippen LogP contribution in [0.15, 0.2) is 29.4 Å². The second-order valence-corrected chi connectivity index (χ2v) is 9.62. The highest BCUT2D eigenvalue weighted by Gasteiger charge is 2.35. The molecular formula is C23H31N5OS. The highest BCUT2D eigenvalue weighted by Crippen LogP contribution is 2.33. The van der Waals surface area contributed by atoms with Crippen LogP contribution < -0.4 is 4.90 Å². The summed E-state index contributed by atoms with van der Waals surface area (Å²) in [5.74, 6) is 2.02. The van der Waals surface area contributed by atoms with Crippen molar-refractivity contribution in [2.75, 3.05) is 44.2 Å². The molecule has 3 heterocycles. The van der Waals surface area contributed by atoms with Crippen molar-refractivity contribution in [3.05, 3.63) is 24.3 Å². The van der Waals surface area contributed by atoms with Gasteiger partial charge in [-0.1, -0.05) is 25.0 Å². The van der Waals surface area contributed by atoms with E-state index in [-0.39, 0.29) is 11.8 Å². The predicted molar refractivity (Wildman–Crippen MR) is 123 cm³/mol. The first-order valence-corrected chi connectivity index (χ1v) is 12.2. The third-order valence-corrected chi connectivity index (χ3v) is 7.73. The Kier molecular flexibility index (Phi) is 6.00. The lowest BCUT2D eigenvalue weighted by Gasteiger charge is -2.36. The SMILES string of the molecule is O=C1[C@H]2CCCC[C@@H]2C=NN1CCCCN1CCN(c2nsc3ccccc23)CC1. The van der Waals surface area contributed by atoms with Gasteiger partial charge in [-0.2, -0.15) is 9.47 Å². The number of rotatable bonds is 6. The van der Waals surface area contributed by atoms with Gasteiger partial charge < -0.3 is 4.90 Å². The fraction of sp³-hybridized carbons (Fsp3) is 0.609.